The summed E-state index contributed by atoms with van der Waals surface area (Å²) in [6.07, 6.45) is 0. The van der Waals surface area contributed by atoms with E-state index in [9.17, 15) is 9.59 Å². The fourth-order valence-corrected chi connectivity index (χ4v) is 2.42. The van der Waals surface area contributed by atoms with Crippen LogP contribution in [0.2, 0.25) is 5.15 Å². The molecule has 1 amide bonds. The molecule has 1 unspecified atom stereocenters. The Morgan fingerprint density at radius 1 is 1.35 bits per heavy atom. The normalized spacial score (nSPS) is 11.9. The van der Waals surface area contributed by atoms with Crippen molar-refractivity contribution in [2.24, 2.45) is 0 Å². The third kappa shape index (κ3) is 3.31. The molecule has 0 aliphatic carbocycles. The van der Waals surface area contributed by atoms with E-state index in [4.69, 9.17) is 16.7 Å². The van der Waals surface area contributed by atoms with Gasteiger partial charge in [-0.05, 0) is 19.1 Å². The van der Waals surface area contributed by atoms with Gasteiger partial charge in [-0.2, -0.15) is 0 Å². The number of carboxylic acid groups (broad SMARTS) is 1. The largest absolute Gasteiger partial charge is 0.476 e. The average molecular weight is 312 g/mol. The van der Waals surface area contributed by atoms with Crippen LogP contribution in [0, 0.1) is 0 Å². The van der Waals surface area contributed by atoms with Crippen molar-refractivity contribution in [3.05, 3.63) is 45.1 Å². The lowest BCUT2D eigenvalue weighted by molar-refractivity contribution is 0.0691. The minimum atomic E-state index is -1.09. The third-order valence-electron chi connectivity index (χ3n) is 2.41. The molecule has 2 aromatic heterocycles. The molecule has 2 N–H and O–H groups in total. The average Bonchev–Trinajstić information content (AvgIpc) is 2.88. The van der Waals surface area contributed by atoms with Crippen molar-refractivity contribution in [2.45, 2.75) is 13.0 Å². The van der Waals surface area contributed by atoms with Crippen LogP contribution in [0.15, 0.2) is 23.6 Å². The van der Waals surface area contributed by atoms with Gasteiger partial charge in [-0.25, -0.2) is 14.8 Å². The molecule has 2 rings (SSSR count). The fraction of sp³-hybridized carbons (Fsp3) is 0.167. The highest BCUT2D eigenvalue weighted by molar-refractivity contribution is 7.09. The number of rotatable bonds is 4. The van der Waals surface area contributed by atoms with Crippen LogP contribution in [-0.4, -0.2) is 27.0 Å². The van der Waals surface area contributed by atoms with E-state index in [1.165, 1.54) is 16.7 Å². The Morgan fingerprint density at radius 3 is 2.70 bits per heavy atom. The molecule has 0 fully saturated rings. The molecule has 0 bridgehead atoms. The van der Waals surface area contributed by atoms with E-state index in [1.54, 1.807) is 25.1 Å². The quantitative estimate of drug-likeness (QED) is 0.846. The summed E-state index contributed by atoms with van der Waals surface area (Å²) in [5, 5.41) is 13.7. The predicted octanol–water partition coefficient (Wildman–Crippen LogP) is 2.38. The minimum Gasteiger partial charge on any atom is -0.476 e. The number of hydrogen-bond donors (Lipinski definition) is 2. The first-order chi connectivity index (χ1) is 9.47. The third-order valence-corrected chi connectivity index (χ3v) is 3.64. The number of carboxylic acids is 1. The maximum absolute atomic E-state index is 11.9. The van der Waals surface area contributed by atoms with Gasteiger partial charge in [0.1, 0.15) is 15.9 Å². The van der Waals surface area contributed by atoms with Crippen LogP contribution >= 0.6 is 22.9 Å². The molecule has 0 aromatic carbocycles. The molecule has 0 spiro atoms. The molecule has 2 heterocycles. The second-order valence-corrected chi connectivity index (χ2v) is 5.19. The molecular formula is C12H10ClN3O3S. The van der Waals surface area contributed by atoms with Gasteiger partial charge in [0.2, 0.25) is 0 Å². The maximum Gasteiger partial charge on any atom is 0.355 e. The molecule has 6 nitrogen and oxygen atoms in total. The molecule has 0 saturated carbocycles. The number of carbonyl (C=O) groups excluding carboxylic acids is 1. The Kier molecular flexibility index (Phi) is 4.31. The van der Waals surface area contributed by atoms with Crippen molar-refractivity contribution < 1.29 is 14.7 Å². The SMILES string of the molecule is CC(NC(=O)c1cccc(Cl)n1)c1nc(C(=O)O)cs1. The topological polar surface area (TPSA) is 92.2 Å². The first-order valence-electron chi connectivity index (χ1n) is 5.59. The van der Waals surface area contributed by atoms with Crippen molar-refractivity contribution in [1.82, 2.24) is 15.3 Å². The monoisotopic (exact) mass is 311 g/mol. The molecule has 0 aliphatic heterocycles. The molecule has 0 saturated heterocycles. The number of halogens is 1. The van der Waals surface area contributed by atoms with Gasteiger partial charge in [0.15, 0.2) is 5.69 Å². The smallest absolute Gasteiger partial charge is 0.355 e. The van der Waals surface area contributed by atoms with E-state index in [0.29, 0.717) is 5.01 Å². The molecule has 104 valence electrons. The van der Waals surface area contributed by atoms with Crippen molar-refractivity contribution in [3.63, 3.8) is 0 Å². The Morgan fingerprint density at radius 2 is 2.10 bits per heavy atom. The molecule has 20 heavy (non-hydrogen) atoms. The summed E-state index contributed by atoms with van der Waals surface area (Å²) in [6.45, 7) is 1.72. The van der Waals surface area contributed by atoms with E-state index in [2.05, 4.69) is 15.3 Å². The zero-order valence-electron chi connectivity index (χ0n) is 10.3. The summed E-state index contributed by atoms with van der Waals surface area (Å²) in [5.41, 5.74) is 0.159. The highest BCUT2D eigenvalue weighted by Crippen LogP contribution is 2.18. The summed E-state index contributed by atoms with van der Waals surface area (Å²) in [7, 11) is 0. The number of aromatic nitrogens is 2. The molecule has 8 heteroatoms. The van der Waals surface area contributed by atoms with Crippen molar-refractivity contribution >= 4 is 34.8 Å². The lowest BCUT2D eigenvalue weighted by atomic mass is 10.3. The number of aromatic carboxylic acids is 1. The number of thiazole rings is 1. The van der Waals surface area contributed by atoms with E-state index in [-0.39, 0.29) is 16.5 Å². The first kappa shape index (κ1) is 14.4. The highest BCUT2D eigenvalue weighted by Gasteiger charge is 2.17. The predicted molar refractivity (Wildman–Crippen MR) is 74.2 cm³/mol. The number of carbonyl (C=O) groups is 2. The highest BCUT2D eigenvalue weighted by atomic mass is 35.5. The van der Waals surface area contributed by atoms with Crippen LogP contribution in [0.4, 0.5) is 0 Å². The maximum atomic E-state index is 11.9. The molecular weight excluding hydrogens is 302 g/mol. The fourth-order valence-electron chi connectivity index (χ4n) is 1.45. The van der Waals surface area contributed by atoms with Crippen LogP contribution in [-0.2, 0) is 0 Å². The van der Waals surface area contributed by atoms with Crippen molar-refractivity contribution in [2.75, 3.05) is 0 Å². The molecule has 0 aliphatic rings. The summed E-state index contributed by atoms with van der Waals surface area (Å²) in [6, 6.07) is 4.32. The Bertz CT molecular complexity index is 659. The van der Waals surface area contributed by atoms with Crippen LogP contribution in [0.5, 0.6) is 0 Å². The van der Waals surface area contributed by atoms with E-state index in [0.717, 1.165) is 0 Å². The number of amides is 1. The summed E-state index contributed by atoms with van der Waals surface area (Å²) >= 11 is 6.89. The van der Waals surface area contributed by atoms with E-state index in [1.807, 2.05) is 0 Å². The van der Waals surface area contributed by atoms with Gasteiger partial charge in [0.25, 0.3) is 5.91 Å². The van der Waals surface area contributed by atoms with Crippen LogP contribution < -0.4 is 5.32 Å². The first-order valence-corrected chi connectivity index (χ1v) is 6.85. The number of nitrogens with zero attached hydrogens (tertiary/aromatic N) is 2. The standard InChI is InChI=1S/C12H10ClN3O3S/c1-6(11-16-8(5-20-11)12(18)19)14-10(17)7-3-2-4-9(13)15-7/h2-6H,1H3,(H,14,17)(H,18,19). The lowest BCUT2D eigenvalue weighted by Gasteiger charge is -2.10. The molecule has 0 radical (unpaired) electrons. The summed E-state index contributed by atoms with van der Waals surface area (Å²) < 4.78 is 0. The van der Waals surface area contributed by atoms with E-state index < -0.39 is 17.9 Å². The van der Waals surface area contributed by atoms with Crippen LogP contribution in [0.3, 0.4) is 0 Å². The number of hydrogen-bond acceptors (Lipinski definition) is 5. The zero-order chi connectivity index (χ0) is 14.7. The minimum absolute atomic E-state index is 0.0352. The lowest BCUT2D eigenvalue weighted by Crippen LogP contribution is -2.27. The summed E-state index contributed by atoms with van der Waals surface area (Å²) in [4.78, 5) is 30.5. The van der Waals surface area contributed by atoms with Gasteiger partial charge in [-0.3, -0.25) is 4.79 Å². The number of nitrogens with one attached hydrogen (secondary N) is 1. The second kappa shape index (κ2) is 5.98. The van der Waals surface area contributed by atoms with Gasteiger partial charge >= 0.3 is 5.97 Å². The molecule has 1 atom stereocenters. The van der Waals surface area contributed by atoms with Gasteiger partial charge in [0, 0.05) is 5.38 Å². The zero-order valence-corrected chi connectivity index (χ0v) is 11.9. The van der Waals surface area contributed by atoms with Gasteiger partial charge in [-0.15, -0.1) is 11.3 Å². The van der Waals surface area contributed by atoms with Crippen molar-refractivity contribution in [3.8, 4) is 0 Å². The van der Waals surface area contributed by atoms with Gasteiger partial charge < -0.3 is 10.4 Å². The molecule has 2 aromatic rings. The van der Waals surface area contributed by atoms with Crippen LogP contribution in [0.25, 0.3) is 0 Å². The van der Waals surface area contributed by atoms with Gasteiger partial charge in [0.05, 0.1) is 6.04 Å². The Balaban J connectivity index is 2.08. The van der Waals surface area contributed by atoms with E-state index >= 15 is 0 Å². The van der Waals surface area contributed by atoms with Gasteiger partial charge in [-0.1, -0.05) is 17.7 Å². The Labute approximate surface area is 123 Å². The Hall–Kier alpha value is -1.99. The van der Waals surface area contributed by atoms with Crippen LogP contribution in [0.1, 0.15) is 39.0 Å². The second-order valence-electron chi connectivity index (χ2n) is 3.92. The number of pyridine rings is 1. The summed E-state index contributed by atoms with van der Waals surface area (Å²) in [5.74, 6) is -1.49. The van der Waals surface area contributed by atoms with Crippen molar-refractivity contribution in [1.29, 1.82) is 0 Å².